The van der Waals surface area contributed by atoms with Crippen LogP contribution >= 0.6 is 11.3 Å². The molecule has 0 unspecified atom stereocenters. The molecule has 1 saturated heterocycles. The van der Waals surface area contributed by atoms with Crippen molar-refractivity contribution in [3.8, 4) is 0 Å². The maximum Gasteiger partial charge on any atom is 0.107 e. The van der Waals surface area contributed by atoms with Crippen molar-refractivity contribution >= 4 is 11.3 Å². The van der Waals surface area contributed by atoms with Crippen molar-refractivity contribution in [2.75, 3.05) is 19.6 Å². The molecule has 0 aromatic carbocycles. The van der Waals surface area contributed by atoms with Crippen LogP contribution in [0.15, 0.2) is 5.38 Å². The van der Waals surface area contributed by atoms with E-state index in [-0.39, 0.29) is 0 Å². The lowest BCUT2D eigenvalue weighted by Gasteiger charge is -2.11. The monoisotopic (exact) mass is 239 g/mol. The molecule has 16 heavy (non-hydrogen) atoms. The highest BCUT2D eigenvalue weighted by molar-refractivity contribution is 7.09. The Labute approximate surface area is 102 Å². The SMILES string of the molecule is CCCNCc1csc(CN2CCCC2)n1. The van der Waals surface area contributed by atoms with Crippen molar-refractivity contribution in [1.29, 1.82) is 0 Å². The zero-order valence-electron chi connectivity index (χ0n) is 10.0. The van der Waals surface area contributed by atoms with Crippen LogP contribution in [0.5, 0.6) is 0 Å². The Morgan fingerprint density at radius 1 is 1.44 bits per heavy atom. The Bertz CT molecular complexity index is 305. The number of likely N-dealkylation sites (tertiary alicyclic amines) is 1. The molecule has 1 N–H and O–H groups in total. The van der Waals surface area contributed by atoms with Gasteiger partial charge in [0.1, 0.15) is 5.01 Å². The van der Waals surface area contributed by atoms with Crippen molar-refractivity contribution in [2.24, 2.45) is 0 Å². The van der Waals surface area contributed by atoms with Gasteiger partial charge in [-0.2, -0.15) is 0 Å². The van der Waals surface area contributed by atoms with Gasteiger partial charge in [0.15, 0.2) is 0 Å². The molecule has 1 fully saturated rings. The van der Waals surface area contributed by atoms with E-state index in [1.165, 1.54) is 43.1 Å². The topological polar surface area (TPSA) is 28.2 Å². The summed E-state index contributed by atoms with van der Waals surface area (Å²) >= 11 is 1.80. The summed E-state index contributed by atoms with van der Waals surface area (Å²) in [4.78, 5) is 7.16. The van der Waals surface area contributed by atoms with Gasteiger partial charge in [-0.1, -0.05) is 6.92 Å². The summed E-state index contributed by atoms with van der Waals surface area (Å²) in [6.07, 6.45) is 3.90. The quantitative estimate of drug-likeness (QED) is 0.772. The summed E-state index contributed by atoms with van der Waals surface area (Å²) in [7, 11) is 0. The minimum absolute atomic E-state index is 0.921. The Morgan fingerprint density at radius 3 is 3.00 bits per heavy atom. The molecule has 0 saturated carbocycles. The van der Waals surface area contributed by atoms with Crippen LogP contribution in [0.2, 0.25) is 0 Å². The highest BCUT2D eigenvalue weighted by Gasteiger charge is 2.13. The van der Waals surface area contributed by atoms with Gasteiger partial charge >= 0.3 is 0 Å². The molecule has 0 amide bonds. The maximum atomic E-state index is 4.66. The molecule has 0 radical (unpaired) electrons. The molecular formula is C12H21N3S. The van der Waals surface area contributed by atoms with Crippen molar-refractivity contribution < 1.29 is 0 Å². The molecule has 1 aliphatic heterocycles. The number of nitrogens with zero attached hydrogens (tertiary/aromatic N) is 2. The van der Waals surface area contributed by atoms with Gasteiger partial charge in [-0.15, -0.1) is 11.3 Å². The van der Waals surface area contributed by atoms with Gasteiger partial charge in [0, 0.05) is 11.9 Å². The number of thiazole rings is 1. The van der Waals surface area contributed by atoms with E-state index in [0.29, 0.717) is 0 Å². The summed E-state index contributed by atoms with van der Waals surface area (Å²) in [5.41, 5.74) is 1.20. The average molecular weight is 239 g/mol. The van der Waals surface area contributed by atoms with Gasteiger partial charge in [0.2, 0.25) is 0 Å². The fourth-order valence-electron chi connectivity index (χ4n) is 2.03. The zero-order valence-corrected chi connectivity index (χ0v) is 10.9. The van der Waals surface area contributed by atoms with Crippen molar-refractivity contribution in [2.45, 2.75) is 39.3 Å². The second-order valence-corrected chi connectivity index (χ2v) is 5.34. The van der Waals surface area contributed by atoms with Crippen LogP contribution in [-0.2, 0) is 13.1 Å². The molecule has 0 bridgehead atoms. The van der Waals surface area contributed by atoms with Crippen LogP contribution in [0.4, 0.5) is 0 Å². The van der Waals surface area contributed by atoms with E-state index in [0.717, 1.165) is 19.6 Å². The van der Waals surface area contributed by atoms with Gasteiger partial charge < -0.3 is 5.32 Å². The first-order chi connectivity index (χ1) is 7.88. The number of nitrogens with one attached hydrogen (secondary N) is 1. The van der Waals surface area contributed by atoms with Crippen LogP contribution in [0, 0.1) is 0 Å². The third-order valence-electron chi connectivity index (χ3n) is 2.89. The van der Waals surface area contributed by atoms with E-state index in [1.807, 2.05) is 0 Å². The van der Waals surface area contributed by atoms with E-state index in [2.05, 4.69) is 27.5 Å². The molecule has 2 heterocycles. The van der Waals surface area contributed by atoms with Crippen LogP contribution in [0.1, 0.15) is 36.9 Å². The second-order valence-electron chi connectivity index (χ2n) is 4.39. The normalized spacial score (nSPS) is 17.1. The summed E-state index contributed by atoms with van der Waals surface area (Å²) < 4.78 is 0. The molecule has 3 nitrogen and oxygen atoms in total. The number of aromatic nitrogens is 1. The third-order valence-corrected chi connectivity index (χ3v) is 3.77. The molecule has 1 aliphatic rings. The summed E-state index contributed by atoms with van der Waals surface area (Å²) in [6.45, 7) is 7.75. The predicted octanol–water partition coefficient (Wildman–Crippen LogP) is 2.24. The number of rotatable bonds is 6. The first kappa shape index (κ1) is 12.0. The molecule has 90 valence electrons. The van der Waals surface area contributed by atoms with Crippen LogP contribution in [0.25, 0.3) is 0 Å². The van der Waals surface area contributed by atoms with Crippen molar-refractivity contribution in [3.63, 3.8) is 0 Å². The maximum absolute atomic E-state index is 4.66. The number of hydrogen-bond donors (Lipinski definition) is 1. The molecule has 2 rings (SSSR count). The van der Waals surface area contributed by atoms with E-state index in [4.69, 9.17) is 0 Å². The van der Waals surface area contributed by atoms with E-state index in [1.54, 1.807) is 11.3 Å². The van der Waals surface area contributed by atoms with Crippen molar-refractivity contribution in [3.05, 3.63) is 16.1 Å². The second kappa shape index (κ2) is 6.33. The van der Waals surface area contributed by atoms with E-state index in [9.17, 15) is 0 Å². The van der Waals surface area contributed by atoms with Crippen LogP contribution in [-0.4, -0.2) is 29.5 Å². The largest absolute Gasteiger partial charge is 0.311 e. The lowest BCUT2D eigenvalue weighted by Crippen LogP contribution is -2.18. The molecule has 1 aromatic heterocycles. The van der Waals surface area contributed by atoms with Crippen LogP contribution in [0.3, 0.4) is 0 Å². The van der Waals surface area contributed by atoms with Gasteiger partial charge in [-0.25, -0.2) is 4.98 Å². The summed E-state index contributed by atoms with van der Waals surface area (Å²) in [5, 5.41) is 6.85. The lowest BCUT2D eigenvalue weighted by atomic mass is 10.4. The van der Waals surface area contributed by atoms with Gasteiger partial charge in [0.25, 0.3) is 0 Å². The Morgan fingerprint density at radius 2 is 2.25 bits per heavy atom. The van der Waals surface area contributed by atoms with Gasteiger partial charge in [-0.3, -0.25) is 4.90 Å². The van der Waals surface area contributed by atoms with E-state index >= 15 is 0 Å². The molecule has 0 spiro atoms. The predicted molar refractivity (Wildman–Crippen MR) is 68.6 cm³/mol. The fraction of sp³-hybridized carbons (Fsp3) is 0.750. The minimum atomic E-state index is 0.921. The first-order valence-corrected chi connectivity index (χ1v) is 7.13. The molecule has 1 aromatic rings. The molecular weight excluding hydrogens is 218 g/mol. The van der Waals surface area contributed by atoms with Crippen molar-refractivity contribution in [1.82, 2.24) is 15.2 Å². The third kappa shape index (κ3) is 3.54. The fourth-order valence-corrected chi connectivity index (χ4v) is 2.86. The zero-order chi connectivity index (χ0) is 11.2. The minimum Gasteiger partial charge on any atom is -0.311 e. The number of hydrogen-bond acceptors (Lipinski definition) is 4. The smallest absolute Gasteiger partial charge is 0.107 e. The van der Waals surface area contributed by atoms with Crippen LogP contribution < -0.4 is 5.32 Å². The molecule has 4 heteroatoms. The summed E-state index contributed by atoms with van der Waals surface area (Å²) in [6, 6.07) is 0. The molecule has 0 aliphatic carbocycles. The highest BCUT2D eigenvalue weighted by Crippen LogP contribution is 2.16. The Balaban J connectivity index is 1.77. The summed E-state index contributed by atoms with van der Waals surface area (Å²) in [5.74, 6) is 0. The first-order valence-electron chi connectivity index (χ1n) is 6.25. The van der Waals surface area contributed by atoms with Gasteiger partial charge in [-0.05, 0) is 38.9 Å². The highest BCUT2D eigenvalue weighted by atomic mass is 32.1. The Hall–Kier alpha value is -0.450. The van der Waals surface area contributed by atoms with E-state index < -0.39 is 0 Å². The lowest BCUT2D eigenvalue weighted by molar-refractivity contribution is 0.330. The Kier molecular flexibility index (Phi) is 4.75. The average Bonchev–Trinajstić information content (AvgIpc) is 2.91. The molecule has 0 atom stereocenters. The van der Waals surface area contributed by atoms with Gasteiger partial charge in [0.05, 0.1) is 12.2 Å². The standard InChI is InChI=1S/C12H21N3S/c1-2-5-13-8-11-10-16-12(14-11)9-15-6-3-4-7-15/h10,13H,2-9H2,1H3.